The number of benzene rings is 2. The summed E-state index contributed by atoms with van der Waals surface area (Å²) in [5.41, 5.74) is 7.60. The molecule has 0 aliphatic rings. The molecule has 28 heavy (non-hydrogen) atoms. The summed E-state index contributed by atoms with van der Waals surface area (Å²) in [6.45, 7) is 8.27. The molecule has 0 atom stereocenters. The summed E-state index contributed by atoms with van der Waals surface area (Å²) in [5, 5.41) is 5.41. The number of carbonyl (C=O) groups excluding carboxylic acids is 1. The van der Waals surface area contributed by atoms with Gasteiger partial charge in [-0.05, 0) is 57.0 Å². The zero-order valence-electron chi connectivity index (χ0n) is 16.8. The lowest BCUT2D eigenvalue weighted by Crippen LogP contribution is -2.07. The minimum absolute atomic E-state index is 0.221. The second kappa shape index (κ2) is 8.40. The first kappa shape index (κ1) is 19.8. The number of carbonyl (C=O) groups is 1. The number of aromatic nitrogens is 1. The maximum absolute atomic E-state index is 12.3. The largest absolute Gasteiger partial charge is 0.496 e. The van der Waals surface area contributed by atoms with E-state index in [9.17, 15) is 4.79 Å². The van der Waals surface area contributed by atoms with Gasteiger partial charge in [-0.2, -0.15) is 0 Å². The molecule has 5 heteroatoms. The standard InChI is InChI=1S/C23H24N2O2S/c1-14-6-8-20(27-5)18(12-14)7-9-21(26)25-23-24-19(13-28-23)22-16(3)10-15(2)11-17(22)4/h6-13H,1-5H3,(H,24,25,26)/b9-7+. The van der Waals surface area contributed by atoms with Crippen LogP contribution in [0.2, 0.25) is 0 Å². The van der Waals surface area contributed by atoms with Gasteiger partial charge in [0, 0.05) is 22.6 Å². The summed E-state index contributed by atoms with van der Waals surface area (Å²) in [7, 11) is 1.62. The quantitative estimate of drug-likeness (QED) is 0.566. The van der Waals surface area contributed by atoms with Gasteiger partial charge in [0.15, 0.2) is 5.13 Å². The van der Waals surface area contributed by atoms with E-state index in [-0.39, 0.29) is 5.91 Å². The first-order valence-electron chi connectivity index (χ1n) is 9.05. The predicted molar refractivity (Wildman–Crippen MR) is 117 cm³/mol. The Morgan fingerprint density at radius 2 is 1.79 bits per heavy atom. The number of nitrogens with one attached hydrogen (secondary N) is 1. The molecule has 0 saturated heterocycles. The number of thiazole rings is 1. The fourth-order valence-electron chi connectivity index (χ4n) is 3.33. The van der Waals surface area contributed by atoms with E-state index >= 15 is 0 Å². The average molecular weight is 393 g/mol. The van der Waals surface area contributed by atoms with Crippen LogP contribution in [0.5, 0.6) is 5.75 Å². The molecule has 0 aliphatic heterocycles. The number of nitrogens with zero attached hydrogens (tertiary/aromatic N) is 1. The topological polar surface area (TPSA) is 51.2 Å². The normalized spacial score (nSPS) is 11.0. The summed E-state index contributed by atoms with van der Waals surface area (Å²) in [6, 6.07) is 10.2. The van der Waals surface area contributed by atoms with E-state index in [0.717, 1.165) is 28.1 Å². The highest BCUT2D eigenvalue weighted by Crippen LogP contribution is 2.31. The number of hydrogen-bond donors (Lipinski definition) is 1. The third-order valence-corrected chi connectivity index (χ3v) is 5.22. The first-order valence-corrected chi connectivity index (χ1v) is 9.93. The number of amides is 1. The molecule has 1 aromatic heterocycles. The lowest BCUT2D eigenvalue weighted by atomic mass is 9.98. The molecule has 3 rings (SSSR count). The molecule has 3 aromatic rings. The summed E-state index contributed by atoms with van der Waals surface area (Å²) >= 11 is 1.42. The number of rotatable bonds is 5. The lowest BCUT2D eigenvalue weighted by molar-refractivity contribution is -0.111. The summed E-state index contributed by atoms with van der Waals surface area (Å²) < 4.78 is 5.34. The zero-order chi connectivity index (χ0) is 20.3. The van der Waals surface area contributed by atoms with Crippen LogP contribution in [0.3, 0.4) is 0 Å². The van der Waals surface area contributed by atoms with Crippen LogP contribution in [0.15, 0.2) is 41.8 Å². The lowest BCUT2D eigenvalue weighted by Gasteiger charge is -2.08. The molecular formula is C23H24N2O2S. The van der Waals surface area contributed by atoms with Crippen molar-refractivity contribution in [2.45, 2.75) is 27.7 Å². The molecule has 0 spiro atoms. The Bertz CT molecular complexity index is 1030. The fourth-order valence-corrected chi connectivity index (χ4v) is 4.03. The van der Waals surface area contributed by atoms with E-state index in [1.807, 2.05) is 30.5 Å². The summed E-state index contributed by atoms with van der Waals surface area (Å²) in [6.07, 6.45) is 3.25. The third-order valence-electron chi connectivity index (χ3n) is 4.47. The molecule has 0 aliphatic carbocycles. The molecule has 0 bridgehead atoms. The first-order chi connectivity index (χ1) is 13.4. The predicted octanol–water partition coefficient (Wildman–Crippen LogP) is 5.70. The minimum Gasteiger partial charge on any atom is -0.496 e. The Morgan fingerprint density at radius 3 is 2.46 bits per heavy atom. The Hall–Kier alpha value is -2.92. The van der Waals surface area contributed by atoms with Crippen molar-refractivity contribution < 1.29 is 9.53 Å². The van der Waals surface area contributed by atoms with Crippen molar-refractivity contribution in [2.75, 3.05) is 12.4 Å². The van der Waals surface area contributed by atoms with Crippen molar-refractivity contribution in [2.24, 2.45) is 0 Å². The van der Waals surface area contributed by atoms with Gasteiger partial charge in [-0.3, -0.25) is 10.1 Å². The van der Waals surface area contributed by atoms with Crippen molar-refractivity contribution in [1.82, 2.24) is 4.98 Å². The van der Waals surface area contributed by atoms with E-state index < -0.39 is 0 Å². The van der Waals surface area contributed by atoms with Crippen molar-refractivity contribution in [3.8, 4) is 17.0 Å². The van der Waals surface area contributed by atoms with E-state index in [2.05, 4.69) is 43.2 Å². The third kappa shape index (κ3) is 4.49. The number of methoxy groups -OCH3 is 1. The van der Waals surface area contributed by atoms with Crippen molar-refractivity contribution in [3.63, 3.8) is 0 Å². The minimum atomic E-state index is -0.221. The molecule has 0 radical (unpaired) electrons. The summed E-state index contributed by atoms with van der Waals surface area (Å²) in [4.78, 5) is 16.9. The van der Waals surface area contributed by atoms with Gasteiger partial charge in [-0.15, -0.1) is 11.3 Å². The van der Waals surface area contributed by atoms with Gasteiger partial charge in [0.05, 0.1) is 12.8 Å². The Kier molecular flexibility index (Phi) is 5.95. The van der Waals surface area contributed by atoms with Gasteiger partial charge in [-0.25, -0.2) is 4.98 Å². The number of hydrogen-bond acceptors (Lipinski definition) is 4. The molecule has 0 unspecified atom stereocenters. The smallest absolute Gasteiger partial charge is 0.250 e. The van der Waals surface area contributed by atoms with Gasteiger partial charge in [0.2, 0.25) is 5.91 Å². The number of anilines is 1. The Labute approximate surface area is 169 Å². The SMILES string of the molecule is COc1ccc(C)cc1/C=C/C(=O)Nc1nc(-c2c(C)cc(C)cc2C)cs1. The van der Waals surface area contributed by atoms with E-state index in [0.29, 0.717) is 5.13 Å². The molecule has 0 saturated carbocycles. The van der Waals surface area contributed by atoms with Gasteiger partial charge < -0.3 is 4.74 Å². The van der Waals surface area contributed by atoms with Crippen LogP contribution in [-0.4, -0.2) is 18.0 Å². The van der Waals surface area contributed by atoms with Crippen LogP contribution >= 0.6 is 11.3 Å². The van der Waals surface area contributed by atoms with Crippen molar-refractivity contribution >= 4 is 28.5 Å². The molecule has 1 amide bonds. The molecule has 1 heterocycles. The van der Waals surface area contributed by atoms with Crippen LogP contribution < -0.4 is 10.1 Å². The van der Waals surface area contributed by atoms with Crippen LogP contribution in [0.4, 0.5) is 5.13 Å². The van der Waals surface area contributed by atoms with Gasteiger partial charge in [0.1, 0.15) is 5.75 Å². The van der Waals surface area contributed by atoms with E-state index in [1.165, 1.54) is 34.1 Å². The fraction of sp³-hybridized carbons (Fsp3) is 0.217. The van der Waals surface area contributed by atoms with Gasteiger partial charge in [-0.1, -0.05) is 29.3 Å². The van der Waals surface area contributed by atoms with Gasteiger partial charge >= 0.3 is 0 Å². The van der Waals surface area contributed by atoms with Crippen molar-refractivity contribution in [1.29, 1.82) is 0 Å². The molecule has 1 N–H and O–H groups in total. The highest BCUT2D eigenvalue weighted by atomic mass is 32.1. The Morgan fingerprint density at radius 1 is 1.07 bits per heavy atom. The maximum atomic E-state index is 12.3. The maximum Gasteiger partial charge on any atom is 0.250 e. The monoisotopic (exact) mass is 392 g/mol. The van der Waals surface area contributed by atoms with Crippen LogP contribution in [0.25, 0.3) is 17.3 Å². The second-order valence-corrected chi connectivity index (χ2v) is 7.74. The van der Waals surface area contributed by atoms with Crippen LogP contribution in [0, 0.1) is 27.7 Å². The highest BCUT2D eigenvalue weighted by molar-refractivity contribution is 7.14. The van der Waals surface area contributed by atoms with Crippen molar-refractivity contribution in [3.05, 3.63) is 69.6 Å². The van der Waals surface area contributed by atoms with Crippen LogP contribution in [-0.2, 0) is 4.79 Å². The van der Waals surface area contributed by atoms with E-state index in [4.69, 9.17) is 4.74 Å². The van der Waals surface area contributed by atoms with Crippen LogP contribution in [0.1, 0.15) is 27.8 Å². The average Bonchev–Trinajstić information content (AvgIpc) is 3.07. The van der Waals surface area contributed by atoms with E-state index in [1.54, 1.807) is 13.2 Å². The molecule has 2 aromatic carbocycles. The second-order valence-electron chi connectivity index (χ2n) is 6.88. The molecule has 4 nitrogen and oxygen atoms in total. The number of aryl methyl sites for hydroxylation is 4. The molecule has 144 valence electrons. The number of ether oxygens (including phenoxy) is 1. The zero-order valence-corrected chi connectivity index (χ0v) is 17.6. The van der Waals surface area contributed by atoms with Gasteiger partial charge in [0.25, 0.3) is 0 Å². The summed E-state index contributed by atoms with van der Waals surface area (Å²) in [5.74, 6) is 0.512. The molecule has 0 fully saturated rings. The Balaban J connectivity index is 1.76. The molecular weight excluding hydrogens is 368 g/mol. The highest BCUT2D eigenvalue weighted by Gasteiger charge is 2.11.